The van der Waals surface area contributed by atoms with Gasteiger partial charge in [0.05, 0.1) is 18.4 Å². The standard InChI is InChI=1S/C12H17BrN4O2/c1-4-5-17-11(19)10(13)8(7-15-17)16-12(2,3)6-9(14)18/h4,7,16H,1,5-6H2,2-3H3,(H2,14,18). The van der Waals surface area contributed by atoms with Gasteiger partial charge in [0.2, 0.25) is 5.91 Å². The molecule has 1 aromatic heterocycles. The second-order valence-corrected chi connectivity index (χ2v) is 5.59. The van der Waals surface area contributed by atoms with Crippen LogP contribution in [-0.4, -0.2) is 21.2 Å². The molecule has 6 nitrogen and oxygen atoms in total. The minimum atomic E-state index is -0.562. The zero-order chi connectivity index (χ0) is 14.6. The number of allylic oxidation sites excluding steroid dienone is 1. The Bertz CT molecular complexity index is 551. The molecule has 0 aliphatic rings. The molecule has 19 heavy (non-hydrogen) atoms. The lowest BCUT2D eigenvalue weighted by molar-refractivity contribution is -0.118. The first-order chi connectivity index (χ1) is 8.76. The molecular weight excluding hydrogens is 312 g/mol. The van der Waals surface area contributed by atoms with Gasteiger partial charge in [-0.1, -0.05) is 6.08 Å². The highest BCUT2D eigenvalue weighted by Gasteiger charge is 2.22. The number of aromatic nitrogens is 2. The Balaban J connectivity index is 3.03. The molecular formula is C12H17BrN4O2. The van der Waals surface area contributed by atoms with Crippen LogP contribution < -0.4 is 16.6 Å². The van der Waals surface area contributed by atoms with Crippen LogP contribution in [-0.2, 0) is 11.3 Å². The maximum atomic E-state index is 12.0. The summed E-state index contributed by atoms with van der Waals surface area (Å²) in [6.07, 6.45) is 3.26. The van der Waals surface area contributed by atoms with Crippen molar-refractivity contribution in [1.82, 2.24) is 9.78 Å². The fourth-order valence-corrected chi connectivity index (χ4v) is 2.06. The van der Waals surface area contributed by atoms with Crippen molar-refractivity contribution in [2.45, 2.75) is 32.4 Å². The Morgan fingerprint density at radius 3 is 2.84 bits per heavy atom. The minimum Gasteiger partial charge on any atom is -0.377 e. The predicted octanol–water partition coefficient (Wildman–Crippen LogP) is 1.26. The van der Waals surface area contributed by atoms with Gasteiger partial charge in [-0.2, -0.15) is 5.10 Å². The van der Waals surface area contributed by atoms with Gasteiger partial charge >= 0.3 is 0 Å². The van der Waals surface area contributed by atoms with Gasteiger partial charge in [-0.3, -0.25) is 9.59 Å². The lowest BCUT2D eigenvalue weighted by Gasteiger charge is -2.26. The third-order valence-electron chi connectivity index (χ3n) is 2.38. The van der Waals surface area contributed by atoms with Crippen LogP contribution in [0.1, 0.15) is 20.3 Å². The van der Waals surface area contributed by atoms with E-state index >= 15 is 0 Å². The lowest BCUT2D eigenvalue weighted by atomic mass is 10.00. The Labute approximate surface area is 119 Å². The molecule has 0 bridgehead atoms. The first-order valence-electron chi connectivity index (χ1n) is 5.70. The van der Waals surface area contributed by atoms with Crippen LogP contribution in [0.2, 0.25) is 0 Å². The average Bonchev–Trinajstić information content (AvgIpc) is 2.27. The van der Waals surface area contributed by atoms with Gasteiger partial charge in [-0.15, -0.1) is 6.58 Å². The van der Waals surface area contributed by atoms with E-state index in [1.54, 1.807) is 6.08 Å². The van der Waals surface area contributed by atoms with E-state index in [0.717, 1.165) is 0 Å². The van der Waals surface area contributed by atoms with Crippen molar-refractivity contribution in [3.63, 3.8) is 0 Å². The molecule has 0 saturated heterocycles. The summed E-state index contributed by atoms with van der Waals surface area (Å²) >= 11 is 3.23. The summed E-state index contributed by atoms with van der Waals surface area (Å²) in [5.41, 5.74) is 4.88. The topological polar surface area (TPSA) is 90.0 Å². The summed E-state index contributed by atoms with van der Waals surface area (Å²) in [7, 11) is 0. The van der Waals surface area contributed by atoms with Crippen molar-refractivity contribution < 1.29 is 4.79 Å². The molecule has 0 aliphatic carbocycles. The monoisotopic (exact) mass is 328 g/mol. The van der Waals surface area contributed by atoms with Crippen LogP contribution >= 0.6 is 15.9 Å². The number of hydrogen-bond acceptors (Lipinski definition) is 4. The molecule has 1 aromatic rings. The number of primary amides is 1. The molecule has 1 rings (SSSR count). The van der Waals surface area contributed by atoms with Gasteiger partial charge in [0.25, 0.3) is 5.56 Å². The Kier molecular flexibility index (Phi) is 4.88. The van der Waals surface area contributed by atoms with E-state index in [0.29, 0.717) is 16.7 Å². The summed E-state index contributed by atoms with van der Waals surface area (Å²) in [5, 5.41) is 7.10. The molecule has 1 amide bonds. The largest absolute Gasteiger partial charge is 0.377 e. The molecule has 0 spiro atoms. The van der Waals surface area contributed by atoms with Gasteiger partial charge in [-0.05, 0) is 29.8 Å². The Hall–Kier alpha value is -1.63. The number of carbonyl (C=O) groups excluding carboxylic acids is 1. The van der Waals surface area contributed by atoms with Gasteiger partial charge in [-0.25, -0.2) is 4.68 Å². The van der Waals surface area contributed by atoms with Crippen LogP contribution in [0.3, 0.4) is 0 Å². The summed E-state index contributed by atoms with van der Waals surface area (Å²) < 4.78 is 1.64. The molecule has 0 radical (unpaired) electrons. The van der Waals surface area contributed by atoms with E-state index < -0.39 is 11.4 Å². The highest BCUT2D eigenvalue weighted by molar-refractivity contribution is 9.10. The molecule has 3 N–H and O–H groups in total. The van der Waals surface area contributed by atoms with E-state index in [2.05, 4.69) is 32.9 Å². The number of hydrogen-bond donors (Lipinski definition) is 2. The Morgan fingerprint density at radius 1 is 1.68 bits per heavy atom. The summed E-state index contributed by atoms with van der Waals surface area (Å²) in [4.78, 5) is 22.9. The van der Waals surface area contributed by atoms with Gasteiger partial charge in [0, 0.05) is 12.0 Å². The fourth-order valence-electron chi connectivity index (χ4n) is 1.65. The zero-order valence-corrected chi connectivity index (χ0v) is 12.5. The van der Waals surface area contributed by atoms with E-state index in [-0.39, 0.29) is 12.0 Å². The van der Waals surface area contributed by atoms with Crippen molar-refractivity contribution in [3.8, 4) is 0 Å². The number of carbonyl (C=O) groups is 1. The fraction of sp³-hybridized carbons (Fsp3) is 0.417. The zero-order valence-electron chi connectivity index (χ0n) is 10.9. The van der Waals surface area contributed by atoms with E-state index in [4.69, 9.17) is 5.73 Å². The van der Waals surface area contributed by atoms with Crippen molar-refractivity contribution in [1.29, 1.82) is 0 Å². The lowest BCUT2D eigenvalue weighted by Crippen LogP contribution is -2.37. The molecule has 0 aliphatic heterocycles. The summed E-state index contributed by atoms with van der Waals surface area (Å²) in [6, 6.07) is 0. The predicted molar refractivity (Wildman–Crippen MR) is 77.9 cm³/mol. The third kappa shape index (κ3) is 4.20. The van der Waals surface area contributed by atoms with Crippen molar-refractivity contribution in [3.05, 3.63) is 33.7 Å². The highest BCUT2D eigenvalue weighted by Crippen LogP contribution is 2.22. The van der Waals surface area contributed by atoms with Crippen molar-refractivity contribution in [2.75, 3.05) is 5.32 Å². The number of anilines is 1. The second kappa shape index (κ2) is 6.01. The van der Waals surface area contributed by atoms with Gasteiger partial charge in [0.15, 0.2) is 0 Å². The normalized spacial score (nSPS) is 11.1. The maximum Gasteiger partial charge on any atom is 0.283 e. The van der Waals surface area contributed by atoms with E-state index in [9.17, 15) is 9.59 Å². The van der Waals surface area contributed by atoms with E-state index in [1.807, 2.05) is 13.8 Å². The summed E-state index contributed by atoms with van der Waals surface area (Å²) in [5.74, 6) is -0.415. The SMILES string of the molecule is C=CCn1ncc(NC(C)(C)CC(N)=O)c(Br)c1=O. The molecule has 104 valence electrons. The molecule has 0 saturated carbocycles. The average molecular weight is 329 g/mol. The third-order valence-corrected chi connectivity index (χ3v) is 3.14. The smallest absolute Gasteiger partial charge is 0.283 e. The second-order valence-electron chi connectivity index (χ2n) is 4.80. The molecule has 0 aromatic carbocycles. The van der Waals surface area contributed by atoms with Gasteiger partial charge in [0.1, 0.15) is 4.47 Å². The number of nitrogens with zero attached hydrogens (tertiary/aromatic N) is 2. The quantitative estimate of drug-likeness (QED) is 0.769. The highest BCUT2D eigenvalue weighted by atomic mass is 79.9. The molecule has 7 heteroatoms. The Morgan fingerprint density at radius 2 is 2.32 bits per heavy atom. The number of nitrogens with two attached hydrogens (primary N) is 1. The van der Waals surface area contributed by atoms with Crippen LogP contribution in [0.25, 0.3) is 0 Å². The van der Waals surface area contributed by atoms with E-state index in [1.165, 1.54) is 10.9 Å². The summed E-state index contributed by atoms with van der Waals surface area (Å²) in [6.45, 7) is 7.53. The molecule has 1 heterocycles. The van der Waals surface area contributed by atoms with Crippen LogP contribution in [0, 0.1) is 0 Å². The first-order valence-corrected chi connectivity index (χ1v) is 6.49. The molecule has 0 fully saturated rings. The molecule has 0 unspecified atom stereocenters. The minimum absolute atomic E-state index is 0.148. The van der Waals surface area contributed by atoms with Crippen LogP contribution in [0.4, 0.5) is 5.69 Å². The molecule has 0 atom stereocenters. The first kappa shape index (κ1) is 15.4. The van der Waals surface area contributed by atoms with Crippen molar-refractivity contribution in [2.24, 2.45) is 5.73 Å². The number of rotatable bonds is 6. The van der Waals surface area contributed by atoms with Crippen molar-refractivity contribution >= 4 is 27.5 Å². The number of nitrogens with one attached hydrogen (secondary N) is 1. The number of halogens is 1. The van der Waals surface area contributed by atoms with Crippen LogP contribution in [0.5, 0.6) is 0 Å². The van der Waals surface area contributed by atoms with Gasteiger partial charge < -0.3 is 11.1 Å². The maximum absolute atomic E-state index is 12.0. The van der Waals surface area contributed by atoms with Crippen LogP contribution in [0.15, 0.2) is 28.1 Å². The number of amides is 1.